The molecule has 1 amide bonds. The number of hydrogen-bond acceptors (Lipinski definition) is 8. The van der Waals surface area contributed by atoms with Gasteiger partial charge >= 0.3 is 5.97 Å². The molecule has 0 saturated carbocycles. The number of rotatable bonds is 15. The highest BCUT2D eigenvalue weighted by Crippen LogP contribution is 2.35. The molecular weight excluding hydrogens is 558 g/mol. The van der Waals surface area contributed by atoms with Crippen molar-refractivity contribution in [2.75, 3.05) is 24.7 Å². The fourth-order valence-corrected chi connectivity index (χ4v) is 5.72. The number of thiazole rings is 1. The third-order valence-electron chi connectivity index (χ3n) is 5.77. The first-order valence-electron chi connectivity index (χ1n) is 13.3. The summed E-state index contributed by atoms with van der Waals surface area (Å²) in [6.45, 7) is 12.3. The van der Waals surface area contributed by atoms with E-state index in [2.05, 4.69) is 22.5 Å². The SMILES string of the molecule is CCCCC(C)OC(=O)[C@H](COC(C)(C)C)NCCCC(=O)Nc1nc(C)c(-c2ccc(Cl)c(S(C)=O)c2)s1. The number of carbonyl (C=O) groups is 2. The molecule has 0 aliphatic rings. The molecule has 0 fully saturated rings. The number of unbranched alkanes of at least 4 members (excludes halogenated alkanes) is 1. The van der Waals surface area contributed by atoms with Crippen LogP contribution in [0.15, 0.2) is 23.1 Å². The molecule has 0 aliphatic heterocycles. The molecule has 8 nitrogen and oxygen atoms in total. The minimum Gasteiger partial charge on any atom is -0.461 e. The van der Waals surface area contributed by atoms with Gasteiger partial charge in [-0.2, -0.15) is 0 Å². The minimum absolute atomic E-state index is 0.155. The van der Waals surface area contributed by atoms with Crippen LogP contribution >= 0.6 is 22.9 Å². The summed E-state index contributed by atoms with van der Waals surface area (Å²) in [4.78, 5) is 31.3. The molecule has 2 rings (SSSR count). The van der Waals surface area contributed by atoms with Crippen molar-refractivity contribution in [2.24, 2.45) is 0 Å². The highest BCUT2D eigenvalue weighted by Gasteiger charge is 2.24. The van der Waals surface area contributed by atoms with Crippen LogP contribution in [0.25, 0.3) is 10.4 Å². The maximum absolute atomic E-state index is 12.8. The number of ether oxygens (including phenoxy) is 2. The second kappa shape index (κ2) is 15.8. The second-order valence-corrected chi connectivity index (χ2v) is 13.3. The number of benzene rings is 1. The Morgan fingerprint density at radius 2 is 1.95 bits per heavy atom. The van der Waals surface area contributed by atoms with Gasteiger partial charge in [0.15, 0.2) is 5.13 Å². The van der Waals surface area contributed by atoms with Gasteiger partial charge in [0.05, 0.1) is 49.6 Å². The first kappa shape index (κ1) is 33.4. The molecule has 39 heavy (non-hydrogen) atoms. The number of hydrogen-bond donors (Lipinski definition) is 2. The van der Waals surface area contributed by atoms with E-state index in [1.165, 1.54) is 11.3 Å². The predicted octanol–water partition coefficient (Wildman–Crippen LogP) is 6.12. The number of halogens is 1. The Balaban J connectivity index is 1.91. The quantitative estimate of drug-likeness (QED) is 0.187. The van der Waals surface area contributed by atoms with Gasteiger partial charge in [-0.25, -0.2) is 4.98 Å². The average Bonchev–Trinajstić information content (AvgIpc) is 3.21. The Hall–Kier alpha value is -1.85. The molecule has 0 saturated heterocycles. The van der Waals surface area contributed by atoms with Crippen molar-refractivity contribution in [2.45, 2.75) is 96.3 Å². The van der Waals surface area contributed by atoms with E-state index in [-0.39, 0.29) is 36.6 Å². The smallest absolute Gasteiger partial charge is 0.325 e. The molecular formula is C28H42ClN3O5S2. The van der Waals surface area contributed by atoms with Gasteiger partial charge in [-0.15, -0.1) is 0 Å². The van der Waals surface area contributed by atoms with Gasteiger partial charge in [0, 0.05) is 12.7 Å². The molecule has 0 radical (unpaired) electrons. The van der Waals surface area contributed by atoms with Crippen molar-refractivity contribution in [3.05, 3.63) is 28.9 Å². The minimum atomic E-state index is -1.22. The summed E-state index contributed by atoms with van der Waals surface area (Å²) in [5.74, 6) is -0.503. The molecule has 0 bridgehead atoms. The van der Waals surface area contributed by atoms with Crippen molar-refractivity contribution in [3.8, 4) is 10.4 Å². The second-order valence-electron chi connectivity index (χ2n) is 10.5. The van der Waals surface area contributed by atoms with E-state index in [1.54, 1.807) is 18.4 Å². The number of amides is 1. The third kappa shape index (κ3) is 11.7. The number of esters is 1. The van der Waals surface area contributed by atoms with Crippen molar-refractivity contribution in [3.63, 3.8) is 0 Å². The van der Waals surface area contributed by atoms with E-state index in [1.807, 2.05) is 40.7 Å². The van der Waals surface area contributed by atoms with Gasteiger partial charge < -0.3 is 20.1 Å². The van der Waals surface area contributed by atoms with E-state index in [0.717, 1.165) is 35.4 Å². The largest absolute Gasteiger partial charge is 0.461 e. The van der Waals surface area contributed by atoms with E-state index in [4.69, 9.17) is 21.1 Å². The Morgan fingerprint density at radius 1 is 1.23 bits per heavy atom. The molecule has 1 heterocycles. The molecule has 1 aromatic heterocycles. The Bertz CT molecular complexity index is 1130. The lowest BCUT2D eigenvalue weighted by Gasteiger charge is -2.25. The maximum Gasteiger partial charge on any atom is 0.325 e. The molecule has 218 valence electrons. The van der Waals surface area contributed by atoms with E-state index < -0.39 is 16.8 Å². The predicted molar refractivity (Wildman–Crippen MR) is 160 cm³/mol. The van der Waals surface area contributed by atoms with E-state index in [0.29, 0.717) is 28.0 Å². The van der Waals surface area contributed by atoms with Crippen molar-refractivity contribution in [1.29, 1.82) is 0 Å². The van der Waals surface area contributed by atoms with Crippen molar-refractivity contribution < 1.29 is 23.3 Å². The third-order valence-corrected chi connectivity index (χ3v) is 8.29. The Labute approximate surface area is 244 Å². The van der Waals surface area contributed by atoms with Crippen LogP contribution in [0.4, 0.5) is 5.13 Å². The zero-order chi connectivity index (χ0) is 29.2. The highest BCUT2D eigenvalue weighted by atomic mass is 35.5. The van der Waals surface area contributed by atoms with Crippen LogP contribution in [0.5, 0.6) is 0 Å². The summed E-state index contributed by atoms with van der Waals surface area (Å²) in [6, 6.07) is 4.76. The number of nitrogens with one attached hydrogen (secondary N) is 2. The lowest BCUT2D eigenvalue weighted by molar-refractivity contribution is -0.154. The summed E-state index contributed by atoms with van der Waals surface area (Å²) < 4.78 is 23.4. The number of aryl methyl sites for hydroxylation is 1. The summed E-state index contributed by atoms with van der Waals surface area (Å²) in [7, 11) is -1.22. The molecule has 0 spiro atoms. The first-order valence-corrected chi connectivity index (χ1v) is 16.0. The maximum atomic E-state index is 12.8. The fourth-order valence-electron chi connectivity index (χ4n) is 3.66. The number of anilines is 1. The summed E-state index contributed by atoms with van der Waals surface area (Å²) in [6.07, 6.45) is 5.08. The lowest BCUT2D eigenvalue weighted by atomic mass is 10.1. The van der Waals surface area contributed by atoms with Crippen molar-refractivity contribution in [1.82, 2.24) is 10.3 Å². The van der Waals surface area contributed by atoms with Gasteiger partial charge in [0.2, 0.25) is 5.91 Å². The Morgan fingerprint density at radius 3 is 2.59 bits per heavy atom. The summed E-state index contributed by atoms with van der Waals surface area (Å²) in [5, 5.41) is 7.01. The van der Waals surface area contributed by atoms with E-state index >= 15 is 0 Å². The van der Waals surface area contributed by atoms with Crippen LogP contribution < -0.4 is 10.6 Å². The number of carbonyl (C=O) groups excluding carboxylic acids is 2. The van der Waals surface area contributed by atoms with Crippen LogP contribution in [-0.4, -0.2) is 58.2 Å². The molecule has 2 N–H and O–H groups in total. The zero-order valence-electron chi connectivity index (χ0n) is 24.0. The van der Waals surface area contributed by atoms with Crippen molar-refractivity contribution >= 4 is 50.7 Å². The number of nitrogens with zero attached hydrogens (tertiary/aromatic N) is 1. The first-order chi connectivity index (χ1) is 18.3. The van der Waals surface area contributed by atoms with Gasteiger partial charge in [0.25, 0.3) is 0 Å². The monoisotopic (exact) mass is 599 g/mol. The average molecular weight is 600 g/mol. The van der Waals surface area contributed by atoms with E-state index in [9.17, 15) is 13.8 Å². The lowest BCUT2D eigenvalue weighted by Crippen LogP contribution is -2.45. The molecule has 2 aromatic rings. The van der Waals surface area contributed by atoms with Gasteiger partial charge in [0.1, 0.15) is 6.04 Å². The van der Waals surface area contributed by atoms with Crippen LogP contribution in [-0.2, 0) is 29.9 Å². The molecule has 11 heteroatoms. The van der Waals surface area contributed by atoms with Crippen LogP contribution in [0, 0.1) is 6.92 Å². The fraction of sp³-hybridized carbons (Fsp3) is 0.607. The van der Waals surface area contributed by atoms with Crippen LogP contribution in [0.3, 0.4) is 0 Å². The molecule has 1 aromatic carbocycles. The number of aromatic nitrogens is 1. The normalized spacial score (nSPS) is 14.1. The molecule has 2 unspecified atom stereocenters. The highest BCUT2D eigenvalue weighted by molar-refractivity contribution is 7.84. The van der Waals surface area contributed by atoms with Gasteiger partial charge in [-0.3, -0.25) is 13.8 Å². The summed E-state index contributed by atoms with van der Waals surface area (Å²) in [5.41, 5.74) is 1.23. The zero-order valence-corrected chi connectivity index (χ0v) is 26.4. The standard InChI is InChI=1S/C28H42ClN3O5S2/c1-8-9-11-18(2)37-26(34)22(17-36-28(4,5)6)30-15-10-12-24(33)32-27-31-19(3)25(38-27)20-13-14-21(29)23(16-20)39(7)35/h13-14,16,18,22,30H,8-12,15,17H2,1-7H3,(H,31,32,33)/t18?,22-,39?/m0/s1. The van der Waals surface area contributed by atoms with Gasteiger partial charge in [-0.05, 0) is 71.7 Å². The molecule has 3 atom stereocenters. The topological polar surface area (TPSA) is 107 Å². The van der Waals surface area contributed by atoms with Crippen LogP contribution in [0.2, 0.25) is 5.02 Å². The van der Waals surface area contributed by atoms with Gasteiger partial charge in [-0.1, -0.05) is 48.8 Å². The Kier molecular flexibility index (Phi) is 13.5. The van der Waals surface area contributed by atoms with Crippen LogP contribution in [0.1, 0.15) is 72.4 Å². The summed E-state index contributed by atoms with van der Waals surface area (Å²) >= 11 is 7.52. The molecule has 0 aliphatic carbocycles.